The molecule has 5 aromatic rings. The molecule has 5 nitrogen and oxygen atoms in total. The minimum absolute atomic E-state index is 0.00954. The van der Waals surface area contributed by atoms with Crippen molar-refractivity contribution in [2.75, 3.05) is 20.8 Å². The summed E-state index contributed by atoms with van der Waals surface area (Å²) in [5.74, 6) is 0.974. The lowest BCUT2D eigenvalue weighted by molar-refractivity contribution is -0.121. The summed E-state index contributed by atoms with van der Waals surface area (Å²) in [6, 6.07) is 30.8. The Hall–Kier alpha value is -4.58. The second-order valence-corrected chi connectivity index (χ2v) is 9.81. The Balaban J connectivity index is 1.37. The number of hydrogen-bond donors (Lipinski definition) is 1. The molecule has 0 spiro atoms. The van der Waals surface area contributed by atoms with Crippen molar-refractivity contribution in [1.82, 2.24) is 9.88 Å². The Bertz CT molecular complexity index is 1580. The lowest BCUT2D eigenvalue weighted by atomic mass is 9.88. The number of rotatable bonds is 11. The van der Waals surface area contributed by atoms with Crippen LogP contribution in [0.4, 0.5) is 4.39 Å². The average molecular weight is 537 g/mol. The second-order valence-electron chi connectivity index (χ2n) is 9.81. The molecule has 0 bridgehead atoms. The smallest absolute Gasteiger partial charge is 0.220 e. The Labute approximate surface area is 234 Å². The van der Waals surface area contributed by atoms with Crippen LogP contribution in [-0.4, -0.2) is 31.2 Å². The second kappa shape index (κ2) is 12.5. The monoisotopic (exact) mass is 536 g/mol. The summed E-state index contributed by atoms with van der Waals surface area (Å²) in [6.07, 6.45) is 3.14. The number of carbonyl (C=O) groups is 1. The Morgan fingerprint density at radius 2 is 1.55 bits per heavy atom. The molecule has 0 radical (unpaired) electrons. The summed E-state index contributed by atoms with van der Waals surface area (Å²) >= 11 is 0. The van der Waals surface area contributed by atoms with E-state index in [1.165, 1.54) is 12.1 Å². The van der Waals surface area contributed by atoms with Gasteiger partial charge >= 0.3 is 0 Å². The summed E-state index contributed by atoms with van der Waals surface area (Å²) in [7, 11) is 3.23. The number of carbonyl (C=O) groups excluding carboxylic acids is 1. The number of nitrogens with zero attached hydrogens (tertiary/aromatic N) is 1. The number of halogens is 1. The molecular formula is C34H33FN2O3. The van der Waals surface area contributed by atoms with Crippen LogP contribution in [0.5, 0.6) is 11.5 Å². The number of ether oxygens (including phenoxy) is 2. The van der Waals surface area contributed by atoms with E-state index in [2.05, 4.69) is 40.3 Å². The fraction of sp³-hybridized carbons (Fsp3) is 0.206. The van der Waals surface area contributed by atoms with Crippen LogP contribution in [0.25, 0.3) is 10.9 Å². The number of methoxy groups -OCH3 is 2. The van der Waals surface area contributed by atoms with Crippen molar-refractivity contribution in [2.24, 2.45) is 0 Å². The van der Waals surface area contributed by atoms with Gasteiger partial charge in [0.1, 0.15) is 5.82 Å². The van der Waals surface area contributed by atoms with Crippen LogP contribution < -0.4 is 14.8 Å². The molecule has 1 N–H and O–H groups in total. The first kappa shape index (κ1) is 27.0. The van der Waals surface area contributed by atoms with Crippen LogP contribution in [0.1, 0.15) is 34.6 Å². The van der Waals surface area contributed by atoms with Gasteiger partial charge in [-0.15, -0.1) is 0 Å². The highest BCUT2D eigenvalue weighted by atomic mass is 19.1. The van der Waals surface area contributed by atoms with Crippen LogP contribution in [-0.2, 0) is 17.8 Å². The number of amides is 1. The molecule has 0 aliphatic carbocycles. The van der Waals surface area contributed by atoms with Gasteiger partial charge < -0.3 is 19.4 Å². The van der Waals surface area contributed by atoms with Crippen molar-refractivity contribution in [3.8, 4) is 11.5 Å². The molecule has 0 fully saturated rings. The first-order chi connectivity index (χ1) is 19.6. The van der Waals surface area contributed by atoms with Crippen molar-refractivity contribution in [1.29, 1.82) is 0 Å². The predicted octanol–water partition coefficient (Wildman–Crippen LogP) is 6.73. The molecule has 1 aromatic heterocycles. The highest BCUT2D eigenvalue weighted by Crippen LogP contribution is 2.35. The summed E-state index contributed by atoms with van der Waals surface area (Å²) in [5.41, 5.74) is 5.33. The molecule has 1 amide bonds. The molecule has 0 aliphatic heterocycles. The molecule has 1 atom stereocenters. The van der Waals surface area contributed by atoms with E-state index in [1.54, 1.807) is 14.2 Å². The molecule has 0 saturated heterocycles. The Kier molecular flexibility index (Phi) is 8.45. The number of aromatic nitrogens is 1. The molecule has 0 aliphatic rings. The molecule has 0 saturated carbocycles. The Morgan fingerprint density at radius 3 is 2.30 bits per heavy atom. The number of hydrogen-bond acceptors (Lipinski definition) is 3. The first-order valence-corrected chi connectivity index (χ1v) is 13.4. The van der Waals surface area contributed by atoms with E-state index in [-0.39, 0.29) is 17.6 Å². The molecule has 40 heavy (non-hydrogen) atoms. The number of para-hydroxylation sites is 1. The van der Waals surface area contributed by atoms with Gasteiger partial charge in [0.15, 0.2) is 11.5 Å². The molecule has 5 rings (SSSR count). The number of benzene rings is 4. The normalized spacial score (nSPS) is 11.8. The van der Waals surface area contributed by atoms with Crippen molar-refractivity contribution in [3.63, 3.8) is 0 Å². The van der Waals surface area contributed by atoms with Crippen LogP contribution in [0.15, 0.2) is 103 Å². The maximum absolute atomic E-state index is 13.5. The summed E-state index contributed by atoms with van der Waals surface area (Å²) in [6.45, 7) is 1.13. The fourth-order valence-electron chi connectivity index (χ4n) is 5.20. The highest BCUT2D eigenvalue weighted by Gasteiger charge is 2.23. The standard InChI is InChI=1S/C34H33FN2O3/c1-39-32-17-14-24(20-33(32)40-2)18-19-36-34(38)21-29(26-8-4-3-5-9-26)30-23-37(31-11-7-6-10-28(30)31)22-25-12-15-27(35)16-13-25/h3-17,20,23,29H,18-19,21-22H2,1-2H3,(H,36,38). The topological polar surface area (TPSA) is 52.5 Å². The van der Waals surface area contributed by atoms with E-state index >= 15 is 0 Å². The van der Waals surface area contributed by atoms with E-state index in [1.807, 2.05) is 60.7 Å². The van der Waals surface area contributed by atoms with Gasteiger partial charge in [-0.25, -0.2) is 4.39 Å². The molecule has 204 valence electrons. The largest absolute Gasteiger partial charge is 0.493 e. The van der Waals surface area contributed by atoms with Gasteiger partial charge in [-0.2, -0.15) is 0 Å². The van der Waals surface area contributed by atoms with E-state index < -0.39 is 0 Å². The average Bonchev–Trinajstić information content (AvgIpc) is 3.35. The van der Waals surface area contributed by atoms with Crippen LogP contribution in [0.3, 0.4) is 0 Å². The third-order valence-electron chi connectivity index (χ3n) is 7.24. The lowest BCUT2D eigenvalue weighted by Gasteiger charge is -2.17. The minimum Gasteiger partial charge on any atom is -0.493 e. The first-order valence-electron chi connectivity index (χ1n) is 13.4. The summed E-state index contributed by atoms with van der Waals surface area (Å²) in [4.78, 5) is 13.3. The van der Waals surface area contributed by atoms with E-state index in [0.29, 0.717) is 37.4 Å². The van der Waals surface area contributed by atoms with Gasteiger partial charge in [-0.3, -0.25) is 4.79 Å². The van der Waals surface area contributed by atoms with Gasteiger partial charge in [0, 0.05) is 42.5 Å². The SMILES string of the molecule is COc1ccc(CCNC(=O)CC(c2ccccc2)c2cn(Cc3ccc(F)cc3)c3ccccc23)cc1OC. The third-order valence-corrected chi connectivity index (χ3v) is 7.24. The van der Waals surface area contributed by atoms with E-state index in [4.69, 9.17) is 9.47 Å². The molecular weight excluding hydrogens is 503 g/mol. The zero-order chi connectivity index (χ0) is 27.9. The van der Waals surface area contributed by atoms with Crippen LogP contribution >= 0.6 is 0 Å². The zero-order valence-corrected chi connectivity index (χ0v) is 22.8. The third kappa shape index (κ3) is 6.18. The van der Waals surface area contributed by atoms with Crippen LogP contribution in [0.2, 0.25) is 0 Å². The number of fused-ring (bicyclic) bond motifs is 1. The Morgan fingerprint density at radius 1 is 0.850 bits per heavy atom. The summed E-state index contributed by atoms with van der Waals surface area (Å²) in [5, 5.41) is 4.22. The van der Waals surface area contributed by atoms with E-state index in [9.17, 15) is 9.18 Å². The zero-order valence-electron chi connectivity index (χ0n) is 22.8. The van der Waals surface area contributed by atoms with E-state index in [0.717, 1.165) is 33.2 Å². The number of nitrogens with one attached hydrogen (secondary N) is 1. The molecule has 1 unspecified atom stereocenters. The quantitative estimate of drug-likeness (QED) is 0.204. The van der Waals surface area contributed by atoms with Gasteiger partial charge in [-0.1, -0.05) is 66.7 Å². The molecule has 6 heteroatoms. The lowest BCUT2D eigenvalue weighted by Crippen LogP contribution is -2.27. The highest BCUT2D eigenvalue weighted by molar-refractivity contribution is 5.86. The maximum atomic E-state index is 13.5. The van der Waals surface area contributed by atoms with Gasteiger partial charge in [0.05, 0.1) is 14.2 Å². The fourth-order valence-corrected chi connectivity index (χ4v) is 5.20. The van der Waals surface area contributed by atoms with Gasteiger partial charge in [-0.05, 0) is 59.0 Å². The van der Waals surface area contributed by atoms with Crippen molar-refractivity contribution in [3.05, 3.63) is 131 Å². The van der Waals surface area contributed by atoms with Crippen LogP contribution in [0, 0.1) is 5.82 Å². The van der Waals surface area contributed by atoms with Crippen molar-refractivity contribution < 1.29 is 18.7 Å². The van der Waals surface area contributed by atoms with Gasteiger partial charge in [0.2, 0.25) is 5.91 Å². The maximum Gasteiger partial charge on any atom is 0.220 e. The van der Waals surface area contributed by atoms with Crippen molar-refractivity contribution in [2.45, 2.75) is 25.3 Å². The minimum atomic E-state index is -0.247. The summed E-state index contributed by atoms with van der Waals surface area (Å²) < 4.78 is 26.4. The van der Waals surface area contributed by atoms with Crippen molar-refractivity contribution >= 4 is 16.8 Å². The molecule has 4 aromatic carbocycles. The van der Waals surface area contributed by atoms with Gasteiger partial charge in [0.25, 0.3) is 0 Å². The predicted molar refractivity (Wildman–Crippen MR) is 157 cm³/mol. The molecule has 1 heterocycles.